The molecule has 2 aromatic heterocycles. The van der Waals surface area contributed by atoms with Gasteiger partial charge in [0.25, 0.3) is 5.56 Å². The van der Waals surface area contributed by atoms with Crippen LogP contribution in [0.2, 0.25) is 0 Å². The summed E-state index contributed by atoms with van der Waals surface area (Å²) >= 11 is 0. The zero-order valence-electron chi connectivity index (χ0n) is 7.19. The standard InChI is InChI=1S/C9H9N3O/c1-6-4-9(13)12-5-7(10)2-3-8(12)11-6/h2-5H,10H2,1H3. The second kappa shape index (κ2) is 2.58. The predicted molar refractivity (Wildman–Crippen MR) is 50.6 cm³/mol. The van der Waals surface area contributed by atoms with E-state index in [4.69, 9.17) is 5.73 Å². The summed E-state index contributed by atoms with van der Waals surface area (Å²) in [6.07, 6.45) is 1.57. The molecule has 0 unspecified atom stereocenters. The molecule has 2 N–H and O–H groups in total. The number of aromatic nitrogens is 2. The monoisotopic (exact) mass is 175 g/mol. The molecule has 0 radical (unpaired) electrons. The van der Waals surface area contributed by atoms with Gasteiger partial charge in [-0.05, 0) is 19.1 Å². The highest BCUT2D eigenvalue weighted by atomic mass is 16.1. The molecule has 4 nitrogen and oxygen atoms in total. The first-order valence-electron chi connectivity index (χ1n) is 3.92. The highest BCUT2D eigenvalue weighted by molar-refractivity contribution is 5.47. The van der Waals surface area contributed by atoms with Crippen LogP contribution < -0.4 is 11.3 Å². The van der Waals surface area contributed by atoms with Gasteiger partial charge in [-0.25, -0.2) is 4.98 Å². The van der Waals surface area contributed by atoms with Crippen molar-refractivity contribution >= 4 is 11.3 Å². The Hall–Kier alpha value is -1.84. The van der Waals surface area contributed by atoms with Crippen LogP contribution in [0.4, 0.5) is 5.69 Å². The molecule has 0 aliphatic rings. The van der Waals surface area contributed by atoms with Crippen molar-refractivity contribution < 1.29 is 0 Å². The van der Waals surface area contributed by atoms with Crippen LogP contribution in [0, 0.1) is 6.92 Å². The second-order valence-electron chi connectivity index (χ2n) is 2.93. The summed E-state index contributed by atoms with van der Waals surface area (Å²) in [5.74, 6) is 0. The minimum atomic E-state index is -0.102. The van der Waals surface area contributed by atoms with Gasteiger partial charge in [-0.2, -0.15) is 0 Å². The molecular formula is C9H9N3O. The topological polar surface area (TPSA) is 60.4 Å². The molecule has 2 aromatic rings. The van der Waals surface area contributed by atoms with Crippen LogP contribution in [0.1, 0.15) is 5.69 Å². The van der Waals surface area contributed by atoms with E-state index in [2.05, 4.69) is 4.98 Å². The lowest BCUT2D eigenvalue weighted by Gasteiger charge is -2.01. The van der Waals surface area contributed by atoms with E-state index in [-0.39, 0.29) is 5.56 Å². The fraction of sp³-hybridized carbons (Fsp3) is 0.111. The molecule has 0 saturated heterocycles. The fourth-order valence-corrected chi connectivity index (χ4v) is 1.24. The Bertz CT molecular complexity index is 516. The van der Waals surface area contributed by atoms with Gasteiger partial charge in [0.2, 0.25) is 0 Å². The van der Waals surface area contributed by atoms with Crippen LogP contribution in [0.25, 0.3) is 5.65 Å². The molecule has 0 spiro atoms. The van der Waals surface area contributed by atoms with Gasteiger partial charge in [-0.1, -0.05) is 0 Å². The maximum atomic E-state index is 11.4. The third-order valence-electron chi connectivity index (χ3n) is 1.81. The number of nitrogen functional groups attached to an aromatic ring is 1. The zero-order chi connectivity index (χ0) is 9.42. The third kappa shape index (κ3) is 1.26. The van der Waals surface area contributed by atoms with Crippen LogP contribution in [-0.2, 0) is 0 Å². The molecule has 0 bridgehead atoms. The molecule has 0 aliphatic carbocycles. The van der Waals surface area contributed by atoms with E-state index < -0.39 is 0 Å². The molecule has 0 aliphatic heterocycles. The Morgan fingerprint density at radius 3 is 3.00 bits per heavy atom. The number of aryl methyl sites for hydroxylation is 1. The van der Waals surface area contributed by atoms with Gasteiger partial charge in [0.15, 0.2) is 0 Å². The zero-order valence-corrected chi connectivity index (χ0v) is 7.19. The van der Waals surface area contributed by atoms with Crippen molar-refractivity contribution in [2.24, 2.45) is 0 Å². The maximum Gasteiger partial charge on any atom is 0.258 e. The van der Waals surface area contributed by atoms with E-state index in [1.807, 2.05) is 0 Å². The highest BCUT2D eigenvalue weighted by Crippen LogP contribution is 2.03. The number of pyridine rings is 1. The van der Waals surface area contributed by atoms with Crippen LogP contribution in [0.15, 0.2) is 29.2 Å². The van der Waals surface area contributed by atoms with Gasteiger partial charge in [-0.15, -0.1) is 0 Å². The number of nitrogens with zero attached hydrogens (tertiary/aromatic N) is 2. The average Bonchev–Trinajstić information content (AvgIpc) is 2.06. The van der Waals surface area contributed by atoms with E-state index in [9.17, 15) is 4.79 Å². The van der Waals surface area contributed by atoms with Crippen molar-refractivity contribution in [2.45, 2.75) is 6.92 Å². The molecule has 0 amide bonds. The van der Waals surface area contributed by atoms with E-state index in [0.29, 0.717) is 11.3 Å². The van der Waals surface area contributed by atoms with Crippen LogP contribution in [-0.4, -0.2) is 9.38 Å². The van der Waals surface area contributed by atoms with Gasteiger partial charge in [0, 0.05) is 23.6 Å². The second-order valence-corrected chi connectivity index (χ2v) is 2.93. The summed E-state index contributed by atoms with van der Waals surface area (Å²) in [5, 5.41) is 0. The Kier molecular flexibility index (Phi) is 1.55. The highest BCUT2D eigenvalue weighted by Gasteiger charge is 1.98. The minimum absolute atomic E-state index is 0.102. The Balaban J connectivity index is 2.95. The summed E-state index contributed by atoms with van der Waals surface area (Å²) in [5.41, 5.74) is 7.34. The van der Waals surface area contributed by atoms with Gasteiger partial charge in [0.05, 0.1) is 0 Å². The van der Waals surface area contributed by atoms with Crippen molar-refractivity contribution in [3.05, 3.63) is 40.4 Å². The van der Waals surface area contributed by atoms with Crippen LogP contribution in [0.5, 0.6) is 0 Å². The molecule has 0 aromatic carbocycles. The fourth-order valence-electron chi connectivity index (χ4n) is 1.24. The van der Waals surface area contributed by atoms with Crippen molar-refractivity contribution in [3.8, 4) is 0 Å². The first-order valence-corrected chi connectivity index (χ1v) is 3.92. The van der Waals surface area contributed by atoms with Gasteiger partial charge in [-0.3, -0.25) is 9.20 Å². The Morgan fingerprint density at radius 2 is 2.23 bits per heavy atom. The van der Waals surface area contributed by atoms with Crippen molar-refractivity contribution in [3.63, 3.8) is 0 Å². The molecule has 13 heavy (non-hydrogen) atoms. The summed E-state index contributed by atoms with van der Waals surface area (Å²) in [4.78, 5) is 15.6. The number of hydrogen-bond donors (Lipinski definition) is 1. The molecule has 0 saturated carbocycles. The summed E-state index contributed by atoms with van der Waals surface area (Å²) in [6.45, 7) is 1.79. The molecule has 4 heteroatoms. The smallest absolute Gasteiger partial charge is 0.258 e. The van der Waals surface area contributed by atoms with E-state index >= 15 is 0 Å². The number of fused-ring (bicyclic) bond motifs is 1. The minimum Gasteiger partial charge on any atom is -0.398 e. The molecule has 2 rings (SSSR count). The molecule has 0 fully saturated rings. The van der Waals surface area contributed by atoms with Crippen molar-refractivity contribution in [1.82, 2.24) is 9.38 Å². The van der Waals surface area contributed by atoms with Gasteiger partial charge >= 0.3 is 0 Å². The summed E-state index contributed by atoms with van der Waals surface area (Å²) in [6, 6.07) is 4.93. The van der Waals surface area contributed by atoms with Crippen molar-refractivity contribution in [1.29, 1.82) is 0 Å². The predicted octanol–water partition coefficient (Wildman–Crippen LogP) is 0.585. The largest absolute Gasteiger partial charge is 0.398 e. The summed E-state index contributed by atoms with van der Waals surface area (Å²) < 4.78 is 1.43. The number of nitrogens with two attached hydrogens (primary N) is 1. The molecule has 0 atom stereocenters. The Labute approximate surface area is 74.6 Å². The first-order chi connectivity index (χ1) is 6.16. The SMILES string of the molecule is Cc1cc(=O)n2cc(N)ccc2n1. The van der Waals surface area contributed by atoms with E-state index in [1.54, 1.807) is 25.3 Å². The van der Waals surface area contributed by atoms with Gasteiger partial charge < -0.3 is 5.73 Å². The summed E-state index contributed by atoms with van der Waals surface area (Å²) in [7, 11) is 0. The molecule has 2 heterocycles. The van der Waals surface area contributed by atoms with Crippen molar-refractivity contribution in [2.75, 3.05) is 5.73 Å². The number of hydrogen-bond acceptors (Lipinski definition) is 3. The number of rotatable bonds is 0. The van der Waals surface area contributed by atoms with Crippen LogP contribution >= 0.6 is 0 Å². The third-order valence-corrected chi connectivity index (χ3v) is 1.81. The first kappa shape index (κ1) is 7.79. The number of anilines is 1. The van der Waals surface area contributed by atoms with Crippen LogP contribution in [0.3, 0.4) is 0 Å². The average molecular weight is 175 g/mol. The normalized spacial score (nSPS) is 10.5. The Morgan fingerprint density at radius 1 is 1.46 bits per heavy atom. The van der Waals surface area contributed by atoms with E-state index in [0.717, 1.165) is 5.69 Å². The molecule has 66 valence electrons. The quantitative estimate of drug-likeness (QED) is 0.637. The van der Waals surface area contributed by atoms with Gasteiger partial charge in [0.1, 0.15) is 5.65 Å². The molecular weight excluding hydrogens is 166 g/mol. The maximum absolute atomic E-state index is 11.4. The lowest BCUT2D eigenvalue weighted by atomic mass is 10.4. The lowest BCUT2D eigenvalue weighted by molar-refractivity contribution is 1.02. The van der Waals surface area contributed by atoms with E-state index in [1.165, 1.54) is 10.5 Å². The lowest BCUT2D eigenvalue weighted by Crippen LogP contribution is -2.14.